The summed E-state index contributed by atoms with van der Waals surface area (Å²) in [5.41, 5.74) is 0.743. The second-order valence-electron chi connectivity index (χ2n) is 5.18. The zero-order valence-electron chi connectivity index (χ0n) is 12.9. The maximum absolute atomic E-state index is 12.6. The molecule has 0 bridgehead atoms. The van der Waals surface area contributed by atoms with Gasteiger partial charge in [-0.25, -0.2) is 4.90 Å². The Bertz CT molecular complexity index is 956. The van der Waals surface area contributed by atoms with Crippen molar-refractivity contribution in [3.63, 3.8) is 0 Å². The fraction of sp³-hybridized carbons (Fsp3) is 0. The largest absolute Gasteiger partial charge is 0.273 e. The lowest BCUT2D eigenvalue weighted by Crippen LogP contribution is -2.34. The van der Waals surface area contributed by atoms with Crippen LogP contribution in [0.3, 0.4) is 0 Å². The summed E-state index contributed by atoms with van der Waals surface area (Å²) >= 11 is 12.0. The Balaban J connectivity index is 1.85. The van der Waals surface area contributed by atoms with Crippen molar-refractivity contribution in [2.45, 2.75) is 0 Å². The Morgan fingerprint density at radius 2 is 1.77 bits per heavy atom. The van der Waals surface area contributed by atoms with Crippen LogP contribution < -0.4 is 0 Å². The van der Waals surface area contributed by atoms with Gasteiger partial charge in [0.05, 0.1) is 9.83 Å². The number of hydrogen-bond donors (Lipinski definition) is 0. The van der Waals surface area contributed by atoms with Crippen LogP contribution in [0.1, 0.15) is 15.9 Å². The van der Waals surface area contributed by atoms with Gasteiger partial charge in [-0.3, -0.25) is 19.7 Å². The van der Waals surface area contributed by atoms with Gasteiger partial charge in [0.25, 0.3) is 17.5 Å². The van der Waals surface area contributed by atoms with E-state index in [1.807, 2.05) is 0 Å². The van der Waals surface area contributed by atoms with Crippen molar-refractivity contribution in [1.29, 1.82) is 0 Å². The van der Waals surface area contributed by atoms with Crippen LogP contribution in [0.5, 0.6) is 0 Å². The molecule has 0 N–H and O–H groups in total. The SMILES string of the molecule is O=C1/C(=C\c2ccc(Cl)cc2)SC(=S)N1C(=O)c1ccc([N+](=O)[O-])cc1. The number of halogens is 1. The maximum atomic E-state index is 12.6. The van der Waals surface area contributed by atoms with Crippen LogP contribution in [0.15, 0.2) is 53.4 Å². The number of nitrogens with zero attached hydrogens (tertiary/aromatic N) is 2. The second kappa shape index (κ2) is 7.36. The van der Waals surface area contributed by atoms with E-state index in [4.69, 9.17) is 23.8 Å². The molecule has 0 saturated carbocycles. The summed E-state index contributed by atoms with van der Waals surface area (Å²) < 4.78 is 0.110. The van der Waals surface area contributed by atoms with Crippen LogP contribution in [-0.4, -0.2) is 26.0 Å². The van der Waals surface area contributed by atoms with Gasteiger partial charge in [-0.15, -0.1) is 0 Å². The molecule has 0 aliphatic carbocycles. The van der Waals surface area contributed by atoms with Crippen LogP contribution in [0.4, 0.5) is 5.69 Å². The lowest BCUT2D eigenvalue weighted by Gasteiger charge is -2.12. The Labute approximate surface area is 162 Å². The quantitative estimate of drug-likeness (QED) is 0.249. The molecule has 6 nitrogen and oxygen atoms in total. The number of benzene rings is 2. The summed E-state index contributed by atoms with van der Waals surface area (Å²) in [6.07, 6.45) is 1.62. The highest BCUT2D eigenvalue weighted by Crippen LogP contribution is 2.33. The van der Waals surface area contributed by atoms with Crippen molar-refractivity contribution in [2.75, 3.05) is 0 Å². The molecule has 0 radical (unpaired) electrons. The van der Waals surface area contributed by atoms with Crippen LogP contribution in [0, 0.1) is 10.1 Å². The maximum Gasteiger partial charge on any atom is 0.273 e. The molecule has 0 aromatic heterocycles. The summed E-state index contributed by atoms with van der Waals surface area (Å²) in [6, 6.07) is 11.9. The van der Waals surface area contributed by atoms with Gasteiger partial charge >= 0.3 is 0 Å². The molecule has 1 aliphatic heterocycles. The number of non-ortho nitro benzene ring substituents is 1. The normalized spacial score (nSPS) is 15.6. The molecule has 9 heteroatoms. The molecule has 3 rings (SSSR count). The van der Waals surface area contributed by atoms with Gasteiger partial charge in [0.15, 0.2) is 4.32 Å². The first-order valence-corrected chi connectivity index (χ1v) is 8.79. The molecular formula is C17H9ClN2O4S2. The number of nitro groups is 1. The molecule has 0 atom stereocenters. The fourth-order valence-corrected chi connectivity index (χ4v) is 3.59. The van der Waals surface area contributed by atoms with Crippen LogP contribution >= 0.6 is 35.6 Å². The van der Waals surface area contributed by atoms with E-state index in [0.29, 0.717) is 9.93 Å². The van der Waals surface area contributed by atoms with Gasteiger partial charge in [0.2, 0.25) is 0 Å². The van der Waals surface area contributed by atoms with Crippen LogP contribution in [0.2, 0.25) is 5.02 Å². The number of carbonyl (C=O) groups excluding carboxylic acids is 2. The summed E-state index contributed by atoms with van der Waals surface area (Å²) in [6.45, 7) is 0. The van der Waals surface area contributed by atoms with E-state index in [1.54, 1.807) is 30.3 Å². The first kappa shape index (κ1) is 18.2. The van der Waals surface area contributed by atoms with Crippen molar-refractivity contribution in [3.05, 3.63) is 79.7 Å². The number of imide groups is 1. The lowest BCUT2D eigenvalue weighted by molar-refractivity contribution is -0.384. The Kier molecular flexibility index (Phi) is 5.17. The molecule has 1 saturated heterocycles. The topological polar surface area (TPSA) is 80.5 Å². The molecule has 1 heterocycles. The van der Waals surface area contributed by atoms with Gasteiger partial charge in [-0.05, 0) is 35.9 Å². The molecule has 0 unspecified atom stereocenters. The highest BCUT2D eigenvalue weighted by Gasteiger charge is 2.37. The third kappa shape index (κ3) is 3.67. The van der Waals surface area contributed by atoms with E-state index in [1.165, 1.54) is 24.3 Å². The van der Waals surface area contributed by atoms with E-state index in [2.05, 4.69) is 0 Å². The van der Waals surface area contributed by atoms with E-state index in [0.717, 1.165) is 22.2 Å². The average Bonchev–Trinajstić information content (AvgIpc) is 2.90. The number of hydrogen-bond acceptors (Lipinski definition) is 6. The number of nitro benzene ring substituents is 1. The fourth-order valence-electron chi connectivity index (χ4n) is 2.21. The first-order valence-electron chi connectivity index (χ1n) is 7.19. The number of carbonyl (C=O) groups is 2. The zero-order chi connectivity index (χ0) is 18.8. The molecule has 2 amide bonds. The molecule has 0 spiro atoms. The number of amides is 2. The second-order valence-corrected chi connectivity index (χ2v) is 7.29. The van der Waals surface area contributed by atoms with Crippen molar-refractivity contribution in [2.24, 2.45) is 0 Å². The third-order valence-corrected chi connectivity index (χ3v) is 5.04. The predicted octanol–water partition coefficient (Wildman–Crippen LogP) is 4.29. The number of thioether (sulfide) groups is 1. The number of rotatable bonds is 3. The zero-order valence-corrected chi connectivity index (χ0v) is 15.3. The minimum absolute atomic E-state index is 0.110. The highest BCUT2D eigenvalue weighted by atomic mass is 35.5. The average molecular weight is 405 g/mol. The van der Waals surface area contributed by atoms with Crippen molar-refractivity contribution >= 4 is 63.5 Å². The molecule has 26 heavy (non-hydrogen) atoms. The molecule has 1 fully saturated rings. The van der Waals surface area contributed by atoms with Gasteiger partial charge in [0.1, 0.15) is 0 Å². The van der Waals surface area contributed by atoms with Crippen LogP contribution in [-0.2, 0) is 4.79 Å². The molecule has 2 aromatic carbocycles. The lowest BCUT2D eigenvalue weighted by atomic mass is 10.1. The van der Waals surface area contributed by atoms with Gasteiger partial charge in [0, 0.05) is 22.7 Å². The Hall–Kier alpha value is -2.55. The molecular weight excluding hydrogens is 396 g/mol. The van der Waals surface area contributed by atoms with E-state index in [-0.39, 0.29) is 15.6 Å². The minimum atomic E-state index is -0.623. The van der Waals surface area contributed by atoms with Gasteiger partial charge in [-0.1, -0.05) is 47.7 Å². The smallest absolute Gasteiger partial charge is 0.268 e. The highest BCUT2D eigenvalue weighted by molar-refractivity contribution is 8.26. The van der Waals surface area contributed by atoms with Crippen molar-refractivity contribution < 1.29 is 14.5 Å². The molecule has 130 valence electrons. The van der Waals surface area contributed by atoms with E-state index >= 15 is 0 Å². The third-order valence-electron chi connectivity index (χ3n) is 3.49. The van der Waals surface area contributed by atoms with Crippen molar-refractivity contribution in [1.82, 2.24) is 4.90 Å². The van der Waals surface area contributed by atoms with Gasteiger partial charge < -0.3 is 0 Å². The monoisotopic (exact) mass is 404 g/mol. The van der Waals surface area contributed by atoms with E-state index in [9.17, 15) is 19.7 Å². The van der Waals surface area contributed by atoms with Gasteiger partial charge in [-0.2, -0.15) is 0 Å². The molecule has 2 aromatic rings. The minimum Gasteiger partial charge on any atom is -0.268 e. The Morgan fingerprint density at radius 1 is 1.15 bits per heavy atom. The standard InChI is InChI=1S/C17H9ClN2O4S2/c18-12-5-1-10(2-6-12)9-14-16(22)19(17(25)26-14)15(21)11-3-7-13(8-4-11)20(23)24/h1-9H/b14-9+. The first-order chi connectivity index (χ1) is 12.4. The summed E-state index contributed by atoms with van der Waals surface area (Å²) in [5.74, 6) is -1.15. The summed E-state index contributed by atoms with van der Waals surface area (Å²) in [4.78, 5) is 36.5. The van der Waals surface area contributed by atoms with Crippen LogP contribution in [0.25, 0.3) is 6.08 Å². The van der Waals surface area contributed by atoms with Crippen molar-refractivity contribution in [3.8, 4) is 0 Å². The summed E-state index contributed by atoms with van der Waals surface area (Å²) in [7, 11) is 0. The number of thiocarbonyl (C=S) groups is 1. The summed E-state index contributed by atoms with van der Waals surface area (Å²) in [5, 5.41) is 11.3. The molecule has 1 aliphatic rings. The predicted molar refractivity (Wildman–Crippen MR) is 104 cm³/mol. The van der Waals surface area contributed by atoms with E-state index < -0.39 is 16.7 Å². The Morgan fingerprint density at radius 3 is 2.35 bits per heavy atom.